The van der Waals surface area contributed by atoms with Crippen LogP contribution in [-0.2, 0) is 53.8 Å². The van der Waals surface area contributed by atoms with Crippen LogP contribution in [0.25, 0.3) is 0 Å². The van der Waals surface area contributed by atoms with Crippen molar-refractivity contribution in [1.82, 2.24) is 9.80 Å². The average Bonchev–Trinajstić information content (AvgIpc) is 3.34. The first-order valence-corrected chi connectivity index (χ1v) is 26.6. The molecule has 2 aromatic carbocycles. The minimum absolute atomic E-state index is 0.0115. The van der Waals surface area contributed by atoms with Crippen LogP contribution in [0.3, 0.4) is 0 Å². The molecule has 5 heterocycles. The number of carbonyl (C=O) groups excluding carboxylic acids is 2. The number of aromatic hydroxyl groups is 3. The van der Waals surface area contributed by atoms with E-state index in [1.54, 1.807) is 6.92 Å². The highest BCUT2D eigenvalue weighted by atomic mass is 16.8. The summed E-state index contributed by atoms with van der Waals surface area (Å²) in [5.74, 6) is -3.04. The van der Waals surface area contributed by atoms with Crippen LogP contribution in [0.15, 0.2) is 18.2 Å². The molecule has 74 heavy (non-hydrogen) atoms. The summed E-state index contributed by atoms with van der Waals surface area (Å²) in [6.45, 7) is 11.2. The number of hydrogen-bond donors (Lipinski definition) is 6. The molecule has 0 aromatic heterocycles. The molecule has 2 aromatic rings. The zero-order valence-corrected chi connectivity index (χ0v) is 44.2. The normalized spacial score (nSPS) is 40.7. The number of benzene rings is 2. The predicted octanol–water partition coefficient (Wildman–Crippen LogP) is 4.30. The average molecular weight is 1040 g/mol. The summed E-state index contributed by atoms with van der Waals surface area (Å²) < 4.78 is 64.4. The van der Waals surface area contributed by atoms with E-state index in [4.69, 9.17) is 47.4 Å². The quantitative estimate of drug-likeness (QED) is 0.131. The van der Waals surface area contributed by atoms with Gasteiger partial charge in [0, 0.05) is 60.9 Å². The Balaban J connectivity index is 0.825. The van der Waals surface area contributed by atoms with Crippen LogP contribution in [0.1, 0.15) is 148 Å². The minimum Gasteiger partial charge on any atom is -0.507 e. The number of rotatable bonds is 13. The van der Waals surface area contributed by atoms with E-state index >= 15 is 0 Å². The summed E-state index contributed by atoms with van der Waals surface area (Å²) in [5, 5.41) is 68.0. The number of carbonyl (C=O) groups is 2. The zero-order chi connectivity index (χ0) is 53.2. The Kier molecular flexibility index (Phi) is 16.6. The third-order valence-electron chi connectivity index (χ3n) is 16.7. The number of hydrogen-bond acceptors (Lipinski definition) is 20. The molecule has 5 saturated heterocycles. The van der Waals surface area contributed by atoms with Gasteiger partial charge in [-0.05, 0) is 101 Å². The second-order valence-electron chi connectivity index (χ2n) is 22.1. The first-order chi connectivity index (χ1) is 35.1. The predicted molar refractivity (Wildman–Crippen MR) is 263 cm³/mol. The van der Waals surface area contributed by atoms with E-state index < -0.39 is 132 Å². The molecular weight excluding hydrogens is 965 g/mol. The Labute approximate surface area is 433 Å². The van der Waals surface area contributed by atoms with Crippen LogP contribution >= 0.6 is 0 Å². The molecule has 2 aliphatic carbocycles. The fourth-order valence-electron chi connectivity index (χ4n) is 12.3. The molecule has 6 N–H and O–H groups in total. The summed E-state index contributed by atoms with van der Waals surface area (Å²) in [6, 6.07) is 3.59. The van der Waals surface area contributed by atoms with E-state index in [-0.39, 0.29) is 84.8 Å². The van der Waals surface area contributed by atoms with E-state index in [1.165, 1.54) is 18.2 Å². The molecular formula is C54H78N2O18. The van der Waals surface area contributed by atoms with Gasteiger partial charge in [-0.25, -0.2) is 0 Å². The number of ketones is 2. The van der Waals surface area contributed by atoms with Gasteiger partial charge in [0.25, 0.3) is 0 Å². The molecule has 5 fully saturated rings. The van der Waals surface area contributed by atoms with Crippen molar-refractivity contribution < 1.29 is 87.6 Å². The second-order valence-corrected chi connectivity index (χ2v) is 22.1. The molecule has 9 rings (SSSR count). The maximum absolute atomic E-state index is 14.0. The number of aliphatic hydroxyl groups excluding tert-OH is 2. The molecule has 0 amide bonds. The lowest BCUT2D eigenvalue weighted by Crippen LogP contribution is -2.60. The van der Waals surface area contributed by atoms with Crippen molar-refractivity contribution in [3.8, 4) is 17.2 Å². The Morgan fingerprint density at radius 2 is 1.12 bits per heavy atom. The molecule has 5 aliphatic heterocycles. The third kappa shape index (κ3) is 10.6. The molecule has 20 heteroatoms. The fourth-order valence-corrected chi connectivity index (χ4v) is 12.3. The molecule has 0 bridgehead atoms. The van der Waals surface area contributed by atoms with Crippen molar-refractivity contribution in [2.45, 2.75) is 228 Å². The van der Waals surface area contributed by atoms with Crippen molar-refractivity contribution in [2.24, 2.45) is 0 Å². The van der Waals surface area contributed by atoms with Gasteiger partial charge < -0.3 is 87.8 Å². The first kappa shape index (κ1) is 55.3. The van der Waals surface area contributed by atoms with Gasteiger partial charge in [-0.1, -0.05) is 19.1 Å². The summed E-state index contributed by atoms with van der Waals surface area (Å²) in [7, 11) is 7.78. The van der Waals surface area contributed by atoms with Gasteiger partial charge in [0.1, 0.15) is 41.7 Å². The van der Waals surface area contributed by atoms with Crippen LogP contribution in [0.5, 0.6) is 17.2 Å². The van der Waals surface area contributed by atoms with Gasteiger partial charge >= 0.3 is 0 Å². The number of likely N-dealkylation sites (N-methyl/N-ethyl adjacent to an activating group) is 2. The number of phenolic OH excluding ortho intramolecular Hbond substituents is 3. The molecule has 20 atom stereocenters. The number of phenols is 3. The Morgan fingerprint density at radius 3 is 1.70 bits per heavy atom. The molecule has 0 radical (unpaired) electrons. The van der Waals surface area contributed by atoms with E-state index in [9.17, 15) is 40.2 Å². The van der Waals surface area contributed by atoms with Gasteiger partial charge in [-0.2, -0.15) is 0 Å². The standard InChI is InChI=1S/C54H78N2O18/c1-11-54(64)20-19-30-43(49(63)45-44(47(30)61)48(62)42-29(46(45)60)13-12-14-34(42)58)53(54)74-40-22-32(56(9)10)50(27(5)68-40)72-39-21-31(55(7)8)51(26(4)67-39)73-41-23-35(59)52(28(6)69-41)71-38-18-16-36(25(3)66-38)70-37-17-15-33(57)24(2)65-37/h12-14,24-28,31-33,35-41,50-53,57-59,61,63-64H,11,15-23H2,1-10H3/t24-,25-,26-,27-,28-,31-,32-,33-,35-,36-,37-,38-,39-,40-,41-,50+,51+,52+,53+,54+/m0/s1. The Bertz CT molecular complexity index is 2340. The Hall–Kier alpha value is -3.42. The molecule has 0 saturated carbocycles. The lowest BCUT2D eigenvalue weighted by Gasteiger charge is -2.49. The lowest BCUT2D eigenvalue weighted by atomic mass is 9.71. The summed E-state index contributed by atoms with van der Waals surface area (Å²) in [5.41, 5.74) is -2.55. The van der Waals surface area contributed by atoms with Crippen molar-refractivity contribution in [2.75, 3.05) is 28.2 Å². The maximum atomic E-state index is 14.0. The highest BCUT2D eigenvalue weighted by molar-refractivity contribution is 6.31. The van der Waals surface area contributed by atoms with Crippen LogP contribution in [0, 0.1) is 0 Å². The largest absolute Gasteiger partial charge is 0.507 e. The van der Waals surface area contributed by atoms with E-state index in [2.05, 4.69) is 4.90 Å². The monoisotopic (exact) mass is 1040 g/mol. The van der Waals surface area contributed by atoms with Crippen molar-refractivity contribution in [3.63, 3.8) is 0 Å². The van der Waals surface area contributed by atoms with Gasteiger partial charge in [-0.15, -0.1) is 0 Å². The first-order valence-electron chi connectivity index (χ1n) is 26.6. The molecule has 20 nitrogen and oxygen atoms in total. The number of nitrogens with zero attached hydrogens (tertiary/aromatic N) is 2. The second kappa shape index (κ2) is 22.1. The van der Waals surface area contributed by atoms with Crippen molar-refractivity contribution in [3.05, 3.63) is 51.6 Å². The highest BCUT2D eigenvalue weighted by Crippen LogP contribution is 2.54. The summed E-state index contributed by atoms with van der Waals surface area (Å²) in [6.07, 6.45) is -6.26. The fraction of sp³-hybridized carbons (Fsp3) is 0.741. The molecule has 0 spiro atoms. The minimum atomic E-state index is -1.56. The number of fused-ring (bicyclic) bond motifs is 3. The SMILES string of the molecule is CC[C@@]1(O)CCc2c(O)c3c(c(O)c2[C@H]1O[C@H]1C[C@H](N(C)C)[C@H](O[C@H]2C[C@H](N(C)C)[C@H](O[C@H]4C[C@H](O)[C@H](O[C@H]5CC[C@H](O[C@H]6CC[C@H](O)[C@H](C)O6)[C@H](C)O5)[C@H](C)O4)[C@H](C)O2)[C@H](C)O1)C(=O)c1cccc(O)c1C3=O. The van der Waals surface area contributed by atoms with Crippen LogP contribution in [0.2, 0.25) is 0 Å². The van der Waals surface area contributed by atoms with Gasteiger partial charge in [0.2, 0.25) is 5.78 Å². The van der Waals surface area contributed by atoms with Crippen LogP contribution in [0.4, 0.5) is 0 Å². The lowest BCUT2D eigenvalue weighted by molar-refractivity contribution is -0.339. The van der Waals surface area contributed by atoms with Crippen molar-refractivity contribution >= 4 is 11.6 Å². The van der Waals surface area contributed by atoms with E-state index in [0.717, 1.165) is 0 Å². The topological polar surface area (TPSA) is 254 Å². The summed E-state index contributed by atoms with van der Waals surface area (Å²) in [4.78, 5) is 31.8. The van der Waals surface area contributed by atoms with Crippen LogP contribution < -0.4 is 0 Å². The highest BCUT2D eigenvalue weighted by Gasteiger charge is 2.52. The number of aliphatic hydroxyl groups is 3. The smallest absolute Gasteiger partial charge is 0.202 e. The zero-order valence-electron chi connectivity index (χ0n) is 44.2. The molecule has 0 unspecified atom stereocenters. The van der Waals surface area contributed by atoms with Gasteiger partial charge in [0.15, 0.2) is 37.2 Å². The molecule has 412 valence electrons. The Morgan fingerprint density at radius 1 is 0.595 bits per heavy atom. The summed E-state index contributed by atoms with van der Waals surface area (Å²) >= 11 is 0. The maximum Gasteiger partial charge on any atom is 0.202 e. The van der Waals surface area contributed by atoms with Crippen molar-refractivity contribution in [1.29, 1.82) is 0 Å². The van der Waals surface area contributed by atoms with Crippen LogP contribution in [-0.4, -0.2) is 196 Å². The number of ether oxygens (including phenoxy) is 10. The van der Waals surface area contributed by atoms with E-state index in [1.807, 2.05) is 67.7 Å². The van der Waals surface area contributed by atoms with Gasteiger partial charge in [0.05, 0.1) is 71.1 Å². The van der Waals surface area contributed by atoms with E-state index in [0.29, 0.717) is 32.1 Å². The van der Waals surface area contributed by atoms with Gasteiger partial charge in [-0.3, -0.25) is 9.59 Å². The molecule has 7 aliphatic rings. The third-order valence-corrected chi connectivity index (χ3v) is 16.7.